The van der Waals surface area contributed by atoms with Gasteiger partial charge in [-0.05, 0) is 42.8 Å². The molecule has 0 bridgehead atoms. The highest BCUT2D eigenvalue weighted by Gasteiger charge is 2.10. The Balaban J connectivity index is 2.13. The molecule has 0 aliphatic carbocycles. The Bertz CT molecular complexity index is 551. The Kier molecular flexibility index (Phi) is 4.12. The first-order valence-electron chi connectivity index (χ1n) is 5.91. The van der Waals surface area contributed by atoms with Crippen LogP contribution in [0.15, 0.2) is 42.5 Å². The van der Waals surface area contributed by atoms with Crippen molar-refractivity contribution < 1.29 is 18.6 Å². The average molecular weight is 264 g/mol. The van der Waals surface area contributed by atoms with Crippen LogP contribution < -0.4 is 4.74 Å². The summed E-state index contributed by atoms with van der Waals surface area (Å²) in [6.45, 7) is 1.77. The van der Waals surface area contributed by atoms with Crippen LogP contribution in [0.4, 0.5) is 8.78 Å². The maximum absolute atomic E-state index is 13.1. The van der Waals surface area contributed by atoms with E-state index in [9.17, 15) is 13.9 Å². The minimum absolute atomic E-state index is 0.228. The summed E-state index contributed by atoms with van der Waals surface area (Å²) in [6, 6.07) is 9.90. The smallest absolute Gasteiger partial charge is 0.125 e. The van der Waals surface area contributed by atoms with Gasteiger partial charge in [0.1, 0.15) is 24.0 Å². The molecule has 2 aromatic carbocycles. The molecule has 0 aliphatic rings. The van der Waals surface area contributed by atoms with Gasteiger partial charge in [0.25, 0.3) is 0 Å². The number of benzene rings is 2. The van der Waals surface area contributed by atoms with Crippen molar-refractivity contribution in [1.82, 2.24) is 0 Å². The first kappa shape index (κ1) is 13.5. The zero-order valence-corrected chi connectivity index (χ0v) is 10.4. The topological polar surface area (TPSA) is 29.5 Å². The molecule has 2 nitrogen and oxygen atoms in total. The summed E-state index contributed by atoms with van der Waals surface area (Å²) >= 11 is 0. The second-order valence-corrected chi connectivity index (χ2v) is 4.27. The predicted molar refractivity (Wildman–Crippen MR) is 67.8 cm³/mol. The van der Waals surface area contributed by atoms with Crippen molar-refractivity contribution in [3.05, 3.63) is 65.2 Å². The van der Waals surface area contributed by atoms with Crippen LogP contribution >= 0.6 is 0 Å². The maximum Gasteiger partial charge on any atom is 0.125 e. The quantitative estimate of drug-likeness (QED) is 0.914. The van der Waals surface area contributed by atoms with E-state index in [0.717, 1.165) is 5.56 Å². The summed E-state index contributed by atoms with van der Waals surface area (Å²) in [5, 5.41) is 9.57. The van der Waals surface area contributed by atoms with E-state index in [-0.39, 0.29) is 12.4 Å². The summed E-state index contributed by atoms with van der Waals surface area (Å²) in [5.74, 6) is -0.319. The molecule has 0 aliphatic heterocycles. The van der Waals surface area contributed by atoms with Crippen LogP contribution in [0.5, 0.6) is 5.75 Å². The molecule has 1 N–H and O–H groups in total. The van der Waals surface area contributed by atoms with E-state index in [0.29, 0.717) is 11.3 Å². The highest BCUT2D eigenvalue weighted by atomic mass is 19.1. The number of halogens is 2. The van der Waals surface area contributed by atoms with Crippen molar-refractivity contribution >= 4 is 0 Å². The van der Waals surface area contributed by atoms with E-state index in [1.165, 1.54) is 30.3 Å². The van der Waals surface area contributed by atoms with Crippen LogP contribution in [0.1, 0.15) is 24.2 Å². The first-order chi connectivity index (χ1) is 9.06. The van der Waals surface area contributed by atoms with Crippen molar-refractivity contribution in [2.45, 2.75) is 19.6 Å². The molecular weight excluding hydrogens is 250 g/mol. The standard InChI is InChI=1S/C15H14F2O2/c1-10(18)14-8-13(17)6-7-15(14)19-9-11-2-4-12(16)5-3-11/h2-8,10,18H,9H2,1H3/t10-/m1/s1. The third-order valence-electron chi connectivity index (χ3n) is 2.73. The molecule has 0 amide bonds. The van der Waals surface area contributed by atoms with Gasteiger partial charge in [0.05, 0.1) is 6.10 Å². The number of hydrogen-bond donors (Lipinski definition) is 1. The molecule has 100 valence electrons. The Morgan fingerprint density at radius 3 is 2.32 bits per heavy atom. The maximum atomic E-state index is 13.1. The number of hydrogen-bond acceptors (Lipinski definition) is 2. The molecule has 4 heteroatoms. The number of aliphatic hydroxyl groups excluding tert-OH is 1. The van der Waals surface area contributed by atoms with E-state index in [1.807, 2.05) is 0 Å². The second kappa shape index (κ2) is 5.80. The zero-order chi connectivity index (χ0) is 13.8. The van der Waals surface area contributed by atoms with Crippen LogP contribution in [-0.2, 0) is 6.61 Å². The molecule has 2 rings (SSSR count). The van der Waals surface area contributed by atoms with Crippen LogP contribution in [0, 0.1) is 11.6 Å². The van der Waals surface area contributed by atoms with Gasteiger partial charge in [-0.25, -0.2) is 8.78 Å². The van der Waals surface area contributed by atoms with Gasteiger partial charge >= 0.3 is 0 Å². The third kappa shape index (κ3) is 3.51. The van der Waals surface area contributed by atoms with Crippen molar-refractivity contribution in [3.63, 3.8) is 0 Å². The summed E-state index contributed by atoms with van der Waals surface area (Å²) in [7, 11) is 0. The summed E-state index contributed by atoms with van der Waals surface area (Å²) < 4.78 is 31.4. The predicted octanol–water partition coefficient (Wildman–Crippen LogP) is 3.60. The number of aliphatic hydroxyl groups is 1. The summed E-state index contributed by atoms with van der Waals surface area (Å²) in [6.07, 6.45) is -0.820. The first-order valence-corrected chi connectivity index (χ1v) is 5.91. The van der Waals surface area contributed by atoms with Gasteiger partial charge in [-0.15, -0.1) is 0 Å². The molecular formula is C15H14F2O2. The molecule has 2 aromatic rings. The van der Waals surface area contributed by atoms with E-state index in [2.05, 4.69) is 0 Å². The van der Waals surface area contributed by atoms with Gasteiger partial charge in [0.2, 0.25) is 0 Å². The van der Waals surface area contributed by atoms with Gasteiger partial charge in [0.15, 0.2) is 0 Å². The van der Waals surface area contributed by atoms with Gasteiger partial charge in [-0.1, -0.05) is 12.1 Å². The van der Waals surface area contributed by atoms with Crippen molar-refractivity contribution in [2.24, 2.45) is 0 Å². The van der Waals surface area contributed by atoms with Crippen LogP contribution in [-0.4, -0.2) is 5.11 Å². The molecule has 0 saturated heterocycles. The monoisotopic (exact) mass is 264 g/mol. The molecule has 1 atom stereocenters. The lowest BCUT2D eigenvalue weighted by atomic mass is 10.1. The average Bonchev–Trinajstić information content (AvgIpc) is 2.39. The van der Waals surface area contributed by atoms with E-state index in [1.54, 1.807) is 19.1 Å². The largest absolute Gasteiger partial charge is 0.489 e. The zero-order valence-electron chi connectivity index (χ0n) is 10.4. The lowest BCUT2D eigenvalue weighted by molar-refractivity contribution is 0.189. The van der Waals surface area contributed by atoms with Gasteiger partial charge < -0.3 is 9.84 Å². The minimum Gasteiger partial charge on any atom is -0.489 e. The van der Waals surface area contributed by atoms with Crippen molar-refractivity contribution in [1.29, 1.82) is 0 Å². The fourth-order valence-electron chi connectivity index (χ4n) is 1.72. The number of ether oxygens (including phenoxy) is 1. The van der Waals surface area contributed by atoms with Gasteiger partial charge in [-0.3, -0.25) is 0 Å². The fraction of sp³-hybridized carbons (Fsp3) is 0.200. The minimum atomic E-state index is -0.820. The Morgan fingerprint density at radius 2 is 1.68 bits per heavy atom. The Morgan fingerprint density at radius 1 is 1.05 bits per heavy atom. The lowest BCUT2D eigenvalue weighted by Gasteiger charge is -2.13. The molecule has 0 aromatic heterocycles. The second-order valence-electron chi connectivity index (χ2n) is 4.27. The van der Waals surface area contributed by atoms with Crippen molar-refractivity contribution in [2.75, 3.05) is 0 Å². The molecule has 0 fully saturated rings. The van der Waals surface area contributed by atoms with Crippen LogP contribution in [0.2, 0.25) is 0 Å². The fourth-order valence-corrected chi connectivity index (χ4v) is 1.72. The van der Waals surface area contributed by atoms with Crippen LogP contribution in [0.25, 0.3) is 0 Å². The summed E-state index contributed by atoms with van der Waals surface area (Å²) in [5.41, 5.74) is 1.18. The van der Waals surface area contributed by atoms with E-state index >= 15 is 0 Å². The van der Waals surface area contributed by atoms with E-state index < -0.39 is 11.9 Å². The highest BCUT2D eigenvalue weighted by Crippen LogP contribution is 2.26. The SMILES string of the molecule is C[C@@H](O)c1cc(F)ccc1OCc1ccc(F)cc1. The normalized spacial score (nSPS) is 12.2. The summed E-state index contributed by atoms with van der Waals surface area (Å²) in [4.78, 5) is 0. The molecule has 0 unspecified atom stereocenters. The molecule has 0 saturated carbocycles. The van der Waals surface area contributed by atoms with E-state index in [4.69, 9.17) is 4.74 Å². The van der Waals surface area contributed by atoms with Gasteiger partial charge in [0, 0.05) is 5.56 Å². The molecule has 0 spiro atoms. The van der Waals surface area contributed by atoms with Crippen LogP contribution in [0.3, 0.4) is 0 Å². The Hall–Kier alpha value is -1.94. The molecule has 0 radical (unpaired) electrons. The highest BCUT2D eigenvalue weighted by molar-refractivity contribution is 5.35. The van der Waals surface area contributed by atoms with Crippen molar-refractivity contribution in [3.8, 4) is 5.75 Å². The molecule has 0 heterocycles. The lowest BCUT2D eigenvalue weighted by Crippen LogP contribution is -2.01. The Labute approximate surface area is 110 Å². The van der Waals surface area contributed by atoms with Gasteiger partial charge in [-0.2, -0.15) is 0 Å². The third-order valence-corrected chi connectivity index (χ3v) is 2.73. The number of rotatable bonds is 4. The molecule has 19 heavy (non-hydrogen) atoms.